The first-order valence-corrected chi connectivity index (χ1v) is 10.6. The minimum Gasteiger partial charge on any atom is -0.455 e. The molecule has 0 saturated heterocycles. The predicted molar refractivity (Wildman–Crippen MR) is 131 cm³/mol. The molecule has 2 heteroatoms. The van der Waals surface area contributed by atoms with Gasteiger partial charge in [0, 0.05) is 29.5 Å². The second-order valence-electron chi connectivity index (χ2n) is 7.88. The molecule has 0 unspecified atom stereocenters. The summed E-state index contributed by atoms with van der Waals surface area (Å²) in [6.45, 7) is 12.4. The first kappa shape index (κ1) is 20.6. The fraction of sp³-hybridized carbons (Fsp3) is 0.138. The van der Waals surface area contributed by atoms with Crippen molar-refractivity contribution < 1.29 is 8.98 Å². The van der Waals surface area contributed by atoms with Crippen LogP contribution in [0.4, 0.5) is 0 Å². The monoisotopic (exact) mass is 406 g/mol. The van der Waals surface area contributed by atoms with Crippen molar-refractivity contribution in [1.82, 2.24) is 0 Å². The van der Waals surface area contributed by atoms with Crippen LogP contribution in [0.5, 0.6) is 0 Å². The van der Waals surface area contributed by atoms with Gasteiger partial charge in [-0.05, 0) is 48.3 Å². The highest BCUT2D eigenvalue weighted by molar-refractivity contribution is 5.96. The maximum atomic E-state index is 6.55. The highest BCUT2D eigenvalue weighted by atomic mass is 16.3. The molecule has 2 nitrogen and oxygen atoms in total. The summed E-state index contributed by atoms with van der Waals surface area (Å²) in [5, 5.41) is 1.14. The molecule has 154 valence electrons. The van der Waals surface area contributed by atoms with E-state index in [1.165, 1.54) is 16.7 Å². The van der Waals surface area contributed by atoms with Crippen molar-refractivity contribution in [3.63, 3.8) is 0 Å². The van der Waals surface area contributed by atoms with Crippen LogP contribution in [0.2, 0.25) is 0 Å². The zero-order valence-electron chi connectivity index (χ0n) is 18.5. The number of aryl methyl sites for hydroxylation is 2. The summed E-state index contributed by atoms with van der Waals surface area (Å²) < 4.78 is 8.69. The van der Waals surface area contributed by atoms with Crippen LogP contribution in [-0.2, 0) is 13.5 Å². The standard InChI is InChI=1S/C29H28NO/c1-6-10-23-19-25-24-16-14-21(4)28(26-11-8-9-18-30(26)5)29(24)31-27(25)17-13-20(3)12-15-22(23)7-2/h6-18H,2-3,19H2,1,4-5H3/q+1/b10-6-,15-12?,17-13-,23-22?. The molecule has 0 spiro atoms. The lowest BCUT2D eigenvalue weighted by atomic mass is 9.93. The van der Waals surface area contributed by atoms with Crippen molar-refractivity contribution >= 4 is 17.0 Å². The molecule has 31 heavy (non-hydrogen) atoms. The normalized spacial score (nSPS) is 15.5. The lowest BCUT2D eigenvalue weighted by Gasteiger charge is -2.09. The average molecular weight is 407 g/mol. The van der Waals surface area contributed by atoms with E-state index in [0.717, 1.165) is 45.6 Å². The summed E-state index contributed by atoms with van der Waals surface area (Å²) in [5.41, 5.74) is 8.78. The molecule has 0 amide bonds. The van der Waals surface area contributed by atoms with E-state index in [1.54, 1.807) is 0 Å². The van der Waals surface area contributed by atoms with Crippen LogP contribution in [0.1, 0.15) is 23.8 Å². The van der Waals surface area contributed by atoms with E-state index in [-0.39, 0.29) is 0 Å². The third-order valence-electron chi connectivity index (χ3n) is 5.76. The zero-order chi connectivity index (χ0) is 22.0. The number of nitrogens with zero attached hydrogens (tertiary/aromatic N) is 1. The quantitative estimate of drug-likeness (QED) is 0.429. The zero-order valence-corrected chi connectivity index (χ0v) is 18.5. The maximum absolute atomic E-state index is 6.55. The van der Waals surface area contributed by atoms with Crippen molar-refractivity contribution in [3.05, 3.63) is 120 Å². The third-order valence-corrected chi connectivity index (χ3v) is 5.76. The summed E-state index contributed by atoms with van der Waals surface area (Å²) in [4.78, 5) is 0. The van der Waals surface area contributed by atoms with Gasteiger partial charge in [-0.15, -0.1) is 0 Å². The number of hydrogen-bond acceptors (Lipinski definition) is 1. The van der Waals surface area contributed by atoms with Crippen molar-refractivity contribution in [2.45, 2.75) is 20.3 Å². The van der Waals surface area contributed by atoms with Crippen molar-refractivity contribution in [3.8, 4) is 11.3 Å². The van der Waals surface area contributed by atoms with Gasteiger partial charge in [0.2, 0.25) is 5.69 Å². The predicted octanol–water partition coefficient (Wildman–Crippen LogP) is 6.97. The molecule has 1 aliphatic rings. The number of benzene rings is 1. The van der Waals surface area contributed by atoms with Crippen molar-refractivity contribution in [1.29, 1.82) is 0 Å². The third kappa shape index (κ3) is 3.89. The largest absolute Gasteiger partial charge is 0.455 e. The molecule has 3 aromatic rings. The van der Waals surface area contributed by atoms with E-state index in [2.05, 4.69) is 80.4 Å². The smallest absolute Gasteiger partial charge is 0.216 e. The van der Waals surface area contributed by atoms with Gasteiger partial charge in [0.15, 0.2) is 6.20 Å². The molecule has 1 aromatic carbocycles. The van der Waals surface area contributed by atoms with Crippen LogP contribution in [0.15, 0.2) is 107 Å². The lowest BCUT2D eigenvalue weighted by molar-refractivity contribution is -0.660. The fourth-order valence-corrected chi connectivity index (χ4v) is 4.14. The second kappa shape index (κ2) is 8.61. The molecule has 0 N–H and O–H groups in total. The van der Waals surface area contributed by atoms with Gasteiger partial charge >= 0.3 is 0 Å². The lowest BCUT2D eigenvalue weighted by Crippen LogP contribution is -2.30. The van der Waals surface area contributed by atoms with Gasteiger partial charge < -0.3 is 4.42 Å². The molecule has 0 aliphatic heterocycles. The summed E-state index contributed by atoms with van der Waals surface area (Å²) in [6.07, 6.45) is 17.1. The van der Waals surface area contributed by atoms with Crippen LogP contribution in [0.3, 0.4) is 0 Å². The number of allylic oxidation sites excluding steroid dienone is 9. The molecule has 1 aliphatic carbocycles. The topological polar surface area (TPSA) is 17.0 Å². The Labute approximate surface area is 184 Å². The van der Waals surface area contributed by atoms with Gasteiger partial charge in [-0.3, -0.25) is 0 Å². The van der Waals surface area contributed by atoms with Gasteiger partial charge in [0.1, 0.15) is 18.4 Å². The van der Waals surface area contributed by atoms with Crippen molar-refractivity contribution in [2.75, 3.05) is 0 Å². The van der Waals surface area contributed by atoms with Crippen LogP contribution in [-0.4, -0.2) is 0 Å². The van der Waals surface area contributed by atoms with Gasteiger partial charge in [0.25, 0.3) is 0 Å². The molecule has 0 atom stereocenters. The summed E-state index contributed by atoms with van der Waals surface area (Å²) >= 11 is 0. The Morgan fingerprint density at radius 1 is 1.06 bits per heavy atom. The van der Waals surface area contributed by atoms with Crippen LogP contribution >= 0.6 is 0 Å². The first-order chi connectivity index (χ1) is 15.0. The van der Waals surface area contributed by atoms with E-state index in [4.69, 9.17) is 4.42 Å². The molecule has 0 bridgehead atoms. The van der Waals surface area contributed by atoms with E-state index in [0.29, 0.717) is 0 Å². The van der Waals surface area contributed by atoms with Gasteiger partial charge in [-0.1, -0.05) is 61.7 Å². The van der Waals surface area contributed by atoms with Crippen LogP contribution < -0.4 is 4.57 Å². The molecule has 0 saturated carbocycles. The Kier molecular flexibility index (Phi) is 5.73. The van der Waals surface area contributed by atoms with E-state index < -0.39 is 0 Å². The molecule has 4 rings (SSSR count). The highest BCUT2D eigenvalue weighted by Gasteiger charge is 2.22. The van der Waals surface area contributed by atoms with Crippen molar-refractivity contribution in [2.24, 2.45) is 7.05 Å². The minimum atomic E-state index is 0.762. The van der Waals surface area contributed by atoms with E-state index in [1.807, 2.05) is 37.3 Å². The van der Waals surface area contributed by atoms with Gasteiger partial charge in [0.05, 0.1) is 5.56 Å². The van der Waals surface area contributed by atoms with E-state index in [9.17, 15) is 0 Å². The van der Waals surface area contributed by atoms with Gasteiger partial charge in [-0.2, -0.15) is 0 Å². The van der Waals surface area contributed by atoms with Gasteiger partial charge in [-0.25, -0.2) is 4.57 Å². The molecule has 0 radical (unpaired) electrons. The average Bonchev–Trinajstić information content (AvgIpc) is 3.10. The number of pyridine rings is 1. The van der Waals surface area contributed by atoms with Crippen LogP contribution in [0, 0.1) is 6.92 Å². The first-order valence-electron chi connectivity index (χ1n) is 10.6. The maximum Gasteiger partial charge on any atom is 0.216 e. The van der Waals surface area contributed by atoms with E-state index >= 15 is 0 Å². The Hall–Kier alpha value is -3.65. The molecular formula is C29H28NO+. The molecular weight excluding hydrogens is 378 g/mol. The molecule has 2 heterocycles. The fourth-order valence-electron chi connectivity index (χ4n) is 4.14. The summed E-state index contributed by atoms with van der Waals surface area (Å²) in [5.74, 6) is 0.877. The highest BCUT2D eigenvalue weighted by Crippen LogP contribution is 2.37. The number of hydrogen-bond donors (Lipinski definition) is 0. The number of aromatic nitrogens is 1. The summed E-state index contributed by atoms with van der Waals surface area (Å²) in [6, 6.07) is 10.6. The molecule has 2 aromatic heterocycles. The summed E-state index contributed by atoms with van der Waals surface area (Å²) in [7, 11) is 2.07. The second-order valence-corrected chi connectivity index (χ2v) is 7.88. The SMILES string of the molecule is C=CC1=C(/C=C\C)Cc2c(oc3c(-c4cccc[n+]4C)c(C)ccc23)/C=C\C(=C)C=C1. The molecule has 0 fully saturated rings. The minimum absolute atomic E-state index is 0.762. The number of fused-ring (bicyclic) bond motifs is 3. The number of furan rings is 1. The Balaban J connectivity index is 2.04. The Morgan fingerprint density at radius 3 is 2.61 bits per heavy atom. The number of rotatable bonds is 3. The Morgan fingerprint density at radius 2 is 1.87 bits per heavy atom. The van der Waals surface area contributed by atoms with Crippen LogP contribution in [0.25, 0.3) is 28.3 Å². The Bertz CT molecular complexity index is 1310.